The number of rotatable bonds is 4. The van der Waals surface area contributed by atoms with Crippen molar-refractivity contribution in [1.82, 2.24) is 0 Å². The normalized spacial score (nSPS) is 15.7. The third-order valence-corrected chi connectivity index (χ3v) is 4.37. The Kier molecular flexibility index (Phi) is 4.61. The first-order valence-corrected chi connectivity index (χ1v) is 8.53. The zero-order valence-corrected chi connectivity index (χ0v) is 13.6. The molecule has 1 aliphatic rings. The molecule has 118 valence electrons. The van der Waals surface area contributed by atoms with E-state index in [1.807, 2.05) is 18.2 Å². The zero-order chi connectivity index (χ0) is 16.4. The average molecular weight is 349 g/mol. The summed E-state index contributed by atoms with van der Waals surface area (Å²) < 4.78 is 24.9. The molecule has 0 saturated heterocycles. The summed E-state index contributed by atoms with van der Waals surface area (Å²) in [7, 11) is 0. The molecule has 3 rings (SSSR count). The van der Waals surface area contributed by atoms with E-state index in [2.05, 4.69) is 0 Å². The Morgan fingerprint density at radius 3 is 2.52 bits per heavy atom. The molecule has 2 aromatic carbocycles. The van der Waals surface area contributed by atoms with Crippen LogP contribution < -0.4 is 0 Å². The largest absolute Gasteiger partial charge is 0.457 e. The minimum atomic E-state index is -1.88. The predicted octanol–water partition coefficient (Wildman–Crippen LogP) is 3.53. The van der Waals surface area contributed by atoms with Crippen molar-refractivity contribution in [3.63, 3.8) is 0 Å². The lowest BCUT2D eigenvalue weighted by Gasteiger charge is -2.06. The van der Waals surface area contributed by atoms with Crippen LogP contribution in [0.15, 0.2) is 48.5 Å². The first-order chi connectivity index (χ1) is 11.0. The van der Waals surface area contributed by atoms with Gasteiger partial charge in [0.25, 0.3) is 0 Å². The van der Waals surface area contributed by atoms with Crippen molar-refractivity contribution in [1.29, 1.82) is 0 Å². The maximum Gasteiger partial charge on any atom is 0.339 e. The van der Waals surface area contributed by atoms with Crippen LogP contribution in [0.1, 0.15) is 16.7 Å². The lowest BCUT2D eigenvalue weighted by atomic mass is 9.96. The molecule has 6 heteroatoms. The SMILES string of the molecule is O=C1OCC(c2ccc(CS(=O)O)cc2)=C1c1cccc(Cl)c1. The van der Waals surface area contributed by atoms with Gasteiger partial charge in [0, 0.05) is 10.6 Å². The average Bonchev–Trinajstić information content (AvgIpc) is 2.89. The van der Waals surface area contributed by atoms with Gasteiger partial charge in [-0.3, -0.25) is 0 Å². The van der Waals surface area contributed by atoms with Gasteiger partial charge in [0.05, 0.1) is 11.3 Å². The molecule has 0 amide bonds. The number of ether oxygens (including phenoxy) is 1. The summed E-state index contributed by atoms with van der Waals surface area (Å²) in [4.78, 5) is 12.1. The molecular weight excluding hydrogens is 336 g/mol. The second-order valence-electron chi connectivity index (χ2n) is 5.10. The van der Waals surface area contributed by atoms with Crippen molar-refractivity contribution in [2.45, 2.75) is 5.75 Å². The lowest BCUT2D eigenvalue weighted by molar-refractivity contribution is -0.133. The van der Waals surface area contributed by atoms with Crippen molar-refractivity contribution < 1.29 is 18.3 Å². The number of cyclic esters (lactones) is 1. The van der Waals surface area contributed by atoms with E-state index in [-0.39, 0.29) is 18.3 Å². The molecule has 0 fully saturated rings. The highest BCUT2D eigenvalue weighted by atomic mass is 35.5. The van der Waals surface area contributed by atoms with Gasteiger partial charge < -0.3 is 9.29 Å². The molecule has 4 nitrogen and oxygen atoms in total. The molecule has 0 radical (unpaired) electrons. The van der Waals surface area contributed by atoms with Crippen molar-refractivity contribution in [3.05, 3.63) is 70.2 Å². The summed E-state index contributed by atoms with van der Waals surface area (Å²) in [5.41, 5.74) is 3.61. The molecular formula is C17H13ClO4S. The summed E-state index contributed by atoms with van der Waals surface area (Å²) >= 11 is 4.13. The van der Waals surface area contributed by atoms with Crippen molar-refractivity contribution >= 4 is 39.8 Å². The van der Waals surface area contributed by atoms with Crippen LogP contribution in [0.2, 0.25) is 5.02 Å². The fraction of sp³-hybridized carbons (Fsp3) is 0.118. The molecule has 0 bridgehead atoms. The molecule has 1 N–H and O–H groups in total. The van der Waals surface area contributed by atoms with Gasteiger partial charge in [0.1, 0.15) is 6.61 Å². The Morgan fingerprint density at radius 1 is 1.13 bits per heavy atom. The molecule has 2 aromatic rings. The van der Waals surface area contributed by atoms with Crippen LogP contribution in [0.4, 0.5) is 0 Å². The Morgan fingerprint density at radius 2 is 1.87 bits per heavy atom. The molecule has 0 aliphatic carbocycles. The molecule has 0 aromatic heterocycles. The van der Waals surface area contributed by atoms with Gasteiger partial charge in [0.15, 0.2) is 11.1 Å². The number of benzene rings is 2. The first kappa shape index (κ1) is 15.9. The molecule has 0 spiro atoms. The van der Waals surface area contributed by atoms with Crippen LogP contribution in [-0.4, -0.2) is 21.3 Å². The monoisotopic (exact) mass is 348 g/mol. The first-order valence-electron chi connectivity index (χ1n) is 6.87. The number of hydrogen-bond acceptors (Lipinski definition) is 3. The third kappa shape index (κ3) is 3.52. The lowest BCUT2D eigenvalue weighted by Crippen LogP contribution is -1.98. The van der Waals surface area contributed by atoms with Crippen LogP contribution in [0, 0.1) is 0 Å². The minimum Gasteiger partial charge on any atom is -0.457 e. The van der Waals surface area contributed by atoms with Crippen molar-refractivity contribution in [2.75, 3.05) is 6.61 Å². The Balaban J connectivity index is 2.01. The minimum absolute atomic E-state index is 0.0793. The van der Waals surface area contributed by atoms with Crippen LogP contribution in [0.25, 0.3) is 11.1 Å². The van der Waals surface area contributed by atoms with E-state index in [0.717, 1.165) is 22.3 Å². The molecule has 1 unspecified atom stereocenters. The third-order valence-electron chi connectivity index (χ3n) is 3.56. The summed E-state index contributed by atoms with van der Waals surface area (Å²) in [6.45, 7) is 0.200. The van der Waals surface area contributed by atoms with Crippen LogP contribution in [-0.2, 0) is 26.4 Å². The topological polar surface area (TPSA) is 63.6 Å². The second-order valence-corrected chi connectivity index (χ2v) is 6.47. The predicted molar refractivity (Wildman–Crippen MR) is 90.1 cm³/mol. The highest BCUT2D eigenvalue weighted by molar-refractivity contribution is 7.78. The smallest absolute Gasteiger partial charge is 0.339 e. The van der Waals surface area contributed by atoms with Gasteiger partial charge in [0.2, 0.25) is 0 Å². The summed E-state index contributed by atoms with van der Waals surface area (Å²) in [5.74, 6) is -0.293. The molecule has 1 atom stereocenters. The van der Waals surface area contributed by atoms with Gasteiger partial charge in [-0.1, -0.05) is 48.0 Å². The molecule has 0 saturated carbocycles. The highest BCUT2D eigenvalue weighted by Crippen LogP contribution is 2.33. The summed E-state index contributed by atoms with van der Waals surface area (Å²) in [5, 5.41) is 0.551. The highest BCUT2D eigenvalue weighted by Gasteiger charge is 2.27. The summed E-state index contributed by atoms with van der Waals surface area (Å²) in [6, 6.07) is 14.3. The second kappa shape index (κ2) is 6.66. The Bertz CT molecular complexity index is 812. The molecule has 23 heavy (non-hydrogen) atoms. The molecule has 1 heterocycles. The Labute approximate surface area is 141 Å². The van der Waals surface area contributed by atoms with Crippen LogP contribution in [0.5, 0.6) is 0 Å². The number of esters is 1. The van der Waals surface area contributed by atoms with E-state index in [1.54, 1.807) is 30.3 Å². The number of carbonyl (C=O) groups excluding carboxylic acids is 1. The number of carbonyl (C=O) groups is 1. The van der Waals surface area contributed by atoms with Gasteiger partial charge >= 0.3 is 5.97 Å². The number of hydrogen-bond donors (Lipinski definition) is 1. The standard InChI is InChI=1S/C17H13ClO4S/c18-14-3-1-2-13(8-14)16-15(9-22-17(16)19)12-6-4-11(5-7-12)10-23(20)21/h1-8H,9-10H2,(H,20,21). The zero-order valence-electron chi connectivity index (χ0n) is 12.0. The van der Waals surface area contributed by atoms with Crippen LogP contribution in [0.3, 0.4) is 0 Å². The maximum absolute atomic E-state index is 12.1. The van der Waals surface area contributed by atoms with E-state index < -0.39 is 11.1 Å². The van der Waals surface area contributed by atoms with Crippen molar-refractivity contribution in [3.8, 4) is 0 Å². The van der Waals surface area contributed by atoms with E-state index in [1.165, 1.54) is 0 Å². The van der Waals surface area contributed by atoms with E-state index >= 15 is 0 Å². The Hall–Kier alpha value is -1.95. The summed E-state index contributed by atoms with van der Waals surface area (Å²) in [6.07, 6.45) is 0. The maximum atomic E-state index is 12.1. The van der Waals surface area contributed by atoms with E-state index in [4.69, 9.17) is 20.9 Å². The van der Waals surface area contributed by atoms with Gasteiger partial charge in [-0.25, -0.2) is 9.00 Å². The van der Waals surface area contributed by atoms with Gasteiger partial charge in [-0.15, -0.1) is 0 Å². The fourth-order valence-electron chi connectivity index (χ4n) is 2.51. The fourth-order valence-corrected chi connectivity index (χ4v) is 3.18. The van der Waals surface area contributed by atoms with E-state index in [9.17, 15) is 9.00 Å². The van der Waals surface area contributed by atoms with Gasteiger partial charge in [-0.05, 0) is 28.8 Å². The van der Waals surface area contributed by atoms with Gasteiger partial charge in [-0.2, -0.15) is 0 Å². The quantitative estimate of drug-likeness (QED) is 0.678. The number of halogens is 1. The molecule has 1 aliphatic heterocycles. The van der Waals surface area contributed by atoms with Crippen LogP contribution >= 0.6 is 11.6 Å². The van der Waals surface area contributed by atoms with E-state index in [0.29, 0.717) is 10.6 Å². The van der Waals surface area contributed by atoms with Crippen molar-refractivity contribution in [2.24, 2.45) is 0 Å².